The zero-order valence-corrected chi connectivity index (χ0v) is 30.5. The van der Waals surface area contributed by atoms with Crippen molar-refractivity contribution in [3.63, 3.8) is 0 Å². The standard InChI is InChI=1S/C54H34N2/c1-2-17-37(18-3-1)55-51-27-12-10-22-43(51)49-33-47(41-20-6-8-24-45(41)53(49)55)48-34-50-44-23-11-13-28-52(44)56(54(50)46-25-9-7-21-42(46)48)38-31-29-36(30-32-38)40-26-14-16-35-15-4-5-19-39(35)40/h1-34H. The maximum atomic E-state index is 2.47. The summed E-state index contributed by atoms with van der Waals surface area (Å²) < 4.78 is 4.91. The largest absolute Gasteiger partial charge is 0.309 e. The van der Waals surface area contributed by atoms with E-state index in [1.54, 1.807) is 0 Å². The average Bonchev–Trinajstić information content (AvgIpc) is 3.79. The summed E-state index contributed by atoms with van der Waals surface area (Å²) in [5.41, 5.74) is 12.2. The maximum absolute atomic E-state index is 2.47. The molecule has 56 heavy (non-hydrogen) atoms. The number of nitrogens with zero attached hydrogens (tertiary/aromatic N) is 2. The first-order valence-corrected chi connectivity index (χ1v) is 19.4. The Morgan fingerprint density at radius 2 is 0.679 bits per heavy atom. The molecule has 2 heteroatoms. The maximum Gasteiger partial charge on any atom is 0.0619 e. The number of hydrogen-bond donors (Lipinski definition) is 0. The lowest BCUT2D eigenvalue weighted by molar-refractivity contribution is 1.19. The monoisotopic (exact) mass is 710 g/mol. The molecular weight excluding hydrogens is 677 g/mol. The van der Waals surface area contributed by atoms with Gasteiger partial charge in [0.25, 0.3) is 0 Å². The van der Waals surface area contributed by atoms with E-state index in [0.717, 1.165) is 5.69 Å². The third kappa shape index (κ3) is 4.44. The molecule has 0 radical (unpaired) electrons. The van der Waals surface area contributed by atoms with Gasteiger partial charge in [0.05, 0.1) is 22.1 Å². The number of rotatable bonds is 4. The van der Waals surface area contributed by atoms with Gasteiger partial charge in [-0.2, -0.15) is 0 Å². The molecule has 0 aliphatic carbocycles. The van der Waals surface area contributed by atoms with E-state index in [-0.39, 0.29) is 0 Å². The van der Waals surface area contributed by atoms with Crippen LogP contribution in [0.3, 0.4) is 0 Å². The SMILES string of the molecule is c1ccc(-n2c3ccccc3c3cc(-c4cc5c6ccccc6n(-c6ccc(-c7cccc8ccccc78)cc6)c5c5ccccc45)c4ccccc4c32)cc1. The van der Waals surface area contributed by atoms with Crippen LogP contribution in [-0.2, 0) is 0 Å². The summed E-state index contributed by atoms with van der Waals surface area (Å²) in [7, 11) is 0. The average molecular weight is 711 g/mol. The van der Waals surface area contributed by atoms with Gasteiger partial charge in [-0.3, -0.25) is 0 Å². The Morgan fingerprint density at radius 3 is 1.25 bits per heavy atom. The first-order valence-electron chi connectivity index (χ1n) is 19.4. The van der Waals surface area contributed by atoms with Gasteiger partial charge in [-0.25, -0.2) is 0 Å². The number of para-hydroxylation sites is 3. The van der Waals surface area contributed by atoms with Crippen molar-refractivity contribution in [3.8, 4) is 33.6 Å². The number of hydrogen-bond acceptors (Lipinski definition) is 0. The zero-order valence-electron chi connectivity index (χ0n) is 30.5. The van der Waals surface area contributed by atoms with Crippen LogP contribution in [0.1, 0.15) is 0 Å². The van der Waals surface area contributed by atoms with Gasteiger partial charge in [-0.15, -0.1) is 0 Å². The van der Waals surface area contributed by atoms with Gasteiger partial charge < -0.3 is 9.13 Å². The quantitative estimate of drug-likeness (QED) is 0.172. The van der Waals surface area contributed by atoms with Crippen molar-refractivity contribution in [1.82, 2.24) is 9.13 Å². The molecule has 12 aromatic rings. The van der Waals surface area contributed by atoms with Gasteiger partial charge in [0.15, 0.2) is 0 Å². The molecule has 260 valence electrons. The molecule has 2 heterocycles. The van der Waals surface area contributed by atoms with E-state index in [0.29, 0.717) is 0 Å². The summed E-state index contributed by atoms with van der Waals surface area (Å²) in [5.74, 6) is 0. The van der Waals surface area contributed by atoms with Crippen molar-refractivity contribution in [2.45, 2.75) is 0 Å². The second kappa shape index (κ2) is 12.0. The van der Waals surface area contributed by atoms with Crippen LogP contribution in [0.15, 0.2) is 206 Å². The van der Waals surface area contributed by atoms with E-state index in [9.17, 15) is 0 Å². The first-order chi connectivity index (χ1) is 27.8. The van der Waals surface area contributed by atoms with Crippen LogP contribution in [0.25, 0.3) is 110 Å². The topological polar surface area (TPSA) is 9.86 Å². The summed E-state index contributed by atoms with van der Waals surface area (Å²) in [6.07, 6.45) is 0. The fraction of sp³-hybridized carbons (Fsp3) is 0. The normalized spacial score (nSPS) is 11.9. The lowest BCUT2D eigenvalue weighted by Crippen LogP contribution is -1.96. The predicted octanol–water partition coefficient (Wildman–Crippen LogP) is 14.7. The van der Waals surface area contributed by atoms with Gasteiger partial charge in [-0.05, 0) is 92.3 Å². The molecule has 0 bridgehead atoms. The number of fused-ring (bicyclic) bond motifs is 11. The van der Waals surface area contributed by atoms with E-state index >= 15 is 0 Å². The van der Waals surface area contributed by atoms with Crippen molar-refractivity contribution in [1.29, 1.82) is 0 Å². The van der Waals surface area contributed by atoms with Gasteiger partial charge in [-0.1, -0.05) is 158 Å². The van der Waals surface area contributed by atoms with E-state index < -0.39 is 0 Å². The van der Waals surface area contributed by atoms with Crippen LogP contribution in [0.5, 0.6) is 0 Å². The molecule has 10 aromatic carbocycles. The molecule has 0 unspecified atom stereocenters. The Balaban J connectivity index is 1.14. The molecule has 0 amide bonds. The molecule has 0 fully saturated rings. The fourth-order valence-electron chi connectivity index (χ4n) is 9.47. The molecule has 2 nitrogen and oxygen atoms in total. The van der Waals surface area contributed by atoms with E-state index in [2.05, 4.69) is 215 Å². The zero-order chi connectivity index (χ0) is 36.7. The summed E-state index contributed by atoms with van der Waals surface area (Å²) in [5, 5.41) is 12.5. The molecule has 0 aliphatic rings. The molecule has 0 spiro atoms. The summed E-state index contributed by atoms with van der Waals surface area (Å²) in [6, 6.07) is 75.7. The minimum atomic E-state index is 1.15. The van der Waals surface area contributed by atoms with Crippen LogP contribution < -0.4 is 0 Å². The fourth-order valence-corrected chi connectivity index (χ4v) is 9.47. The molecule has 0 N–H and O–H groups in total. The molecular formula is C54H34N2. The van der Waals surface area contributed by atoms with Crippen molar-refractivity contribution in [2.24, 2.45) is 0 Å². The lowest BCUT2D eigenvalue weighted by Gasteiger charge is -2.16. The van der Waals surface area contributed by atoms with Crippen LogP contribution >= 0.6 is 0 Å². The van der Waals surface area contributed by atoms with Crippen molar-refractivity contribution in [2.75, 3.05) is 0 Å². The van der Waals surface area contributed by atoms with Gasteiger partial charge in [0.2, 0.25) is 0 Å². The van der Waals surface area contributed by atoms with E-state index in [1.807, 2.05) is 0 Å². The van der Waals surface area contributed by atoms with Gasteiger partial charge in [0.1, 0.15) is 0 Å². The smallest absolute Gasteiger partial charge is 0.0619 e. The highest BCUT2D eigenvalue weighted by Crippen LogP contribution is 2.46. The number of benzene rings is 10. The Hall–Kier alpha value is -7.42. The minimum Gasteiger partial charge on any atom is -0.309 e. The van der Waals surface area contributed by atoms with Crippen LogP contribution in [0, 0.1) is 0 Å². The van der Waals surface area contributed by atoms with Crippen molar-refractivity contribution < 1.29 is 0 Å². The molecule has 2 aromatic heterocycles. The third-order valence-electron chi connectivity index (χ3n) is 11.9. The van der Waals surface area contributed by atoms with Gasteiger partial charge in [0, 0.05) is 43.7 Å². The molecule has 0 saturated carbocycles. The van der Waals surface area contributed by atoms with Gasteiger partial charge >= 0.3 is 0 Å². The first kappa shape index (κ1) is 31.0. The van der Waals surface area contributed by atoms with Crippen LogP contribution in [0.4, 0.5) is 0 Å². The lowest BCUT2D eigenvalue weighted by atomic mass is 9.90. The molecule has 12 rings (SSSR count). The second-order valence-electron chi connectivity index (χ2n) is 14.8. The van der Waals surface area contributed by atoms with Crippen LogP contribution in [-0.4, -0.2) is 9.13 Å². The molecule has 0 saturated heterocycles. The third-order valence-corrected chi connectivity index (χ3v) is 11.9. The second-order valence-corrected chi connectivity index (χ2v) is 14.8. The molecule has 0 aliphatic heterocycles. The van der Waals surface area contributed by atoms with E-state index in [1.165, 1.54) is 104 Å². The van der Waals surface area contributed by atoms with Crippen LogP contribution in [0.2, 0.25) is 0 Å². The Morgan fingerprint density at radius 1 is 0.250 bits per heavy atom. The summed E-state index contributed by atoms with van der Waals surface area (Å²) >= 11 is 0. The Bertz CT molecular complexity index is 3510. The Kier molecular flexibility index (Phi) is 6.66. The highest BCUT2D eigenvalue weighted by Gasteiger charge is 2.22. The summed E-state index contributed by atoms with van der Waals surface area (Å²) in [6.45, 7) is 0. The molecule has 0 atom stereocenters. The highest BCUT2D eigenvalue weighted by atomic mass is 15.0. The Labute approximate surface area is 323 Å². The summed E-state index contributed by atoms with van der Waals surface area (Å²) in [4.78, 5) is 0. The highest BCUT2D eigenvalue weighted by molar-refractivity contribution is 6.26. The van der Waals surface area contributed by atoms with Crippen molar-refractivity contribution in [3.05, 3.63) is 206 Å². The van der Waals surface area contributed by atoms with E-state index in [4.69, 9.17) is 0 Å². The minimum absolute atomic E-state index is 1.15. The van der Waals surface area contributed by atoms with Crippen molar-refractivity contribution >= 4 is 75.9 Å². The predicted molar refractivity (Wildman–Crippen MR) is 239 cm³/mol. The number of aromatic nitrogens is 2.